The van der Waals surface area contributed by atoms with Crippen molar-refractivity contribution in [1.29, 1.82) is 0 Å². The Balaban J connectivity index is 2.03. The van der Waals surface area contributed by atoms with Crippen LogP contribution < -0.4 is 4.74 Å². The van der Waals surface area contributed by atoms with E-state index in [1.807, 2.05) is 18.2 Å². The number of hydrogen-bond acceptors (Lipinski definition) is 3. The van der Waals surface area contributed by atoms with Crippen LogP contribution in [0, 0.1) is 0 Å². The number of benzene rings is 1. The molecule has 2 rings (SSSR count). The summed E-state index contributed by atoms with van der Waals surface area (Å²) in [6.07, 6.45) is 3.34. The van der Waals surface area contributed by atoms with Crippen molar-refractivity contribution in [3.05, 3.63) is 52.8 Å². The van der Waals surface area contributed by atoms with E-state index in [2.05, 4.69) is 20.9 Å². The monoisotopic (exact) mass is 279 g/mol. The van der Waals surface area contributed by atoms with Crippen LogP contribution >= 0.6 is 15.9 Å². The minimum atomic E-state index is 0.215. The van der Waals surface area contributed by atoms with Crippen LogP contribution in [0.5, 0.6) is 11.5 Å². The largest absolute Gasteiger partial charge is 0.507 e. The molecule has 0 aliphatic carbocycles. The molecule has 16 heavy (non-hydrogen) atoms. The second-order valence-corrected chi connectivity index (χ2v) is 4.12. The summed E-state index contributed by atoms with van der Waals surface area (Å²) in [5.41, 5.74) is 0.907. The van der Waals surface area contributed by atoms with Crippen LogP contribution in [-0.2, 0) is 6.61 Å². The molecule has 0 radical (unpaired) electrons. The Hall–Kier alpha value is -1.55. The van der Waals surface area contributed by atoms with Crippen LogP contribution in [0.15, 0.2) is 47.2 Å². The van der Waals surface area contributed by atoms with Gasteiger partial charge in [0.1, 0.15) is 18.1 Å². The predicted octanol–water partition coefficient (Wildman–Crippen LogP) is 3.13. The average Bonchev–Trinajstić information content (AvgIpc) is 2.32. The smallest absolute Gasteiger partial charge is 0.138 e. The van der Waals surface area contributed by atoms with Gasteiger partial charge in [-0.1, -0.05) is 6.07 Å². The third kappa shape index (κ3) is 2.73. The highest BCUT2D eigenvalue weighted by atomic mass is 79.9. The number of aromatic nitrogens is 1. The molecule has 1 N–H and O–H groups in total. The number of rotatable bonds is 3. The van der Waals surface area contributed by atoms with Crippen molar-refractivity contribution in [3.8, 4) is 11.5 Å². The van der Waals surface area contributed by atoms with Gasteiger partial charge in [-0.3, -0.25) is 4.98 Å². The summed E-state index contributed by atoms with van der Waals surface area (Å²) < 4.78 is 6.18. The van der Waals surface area contributed by atoms with Crippen LogP contribution in [0.4, 0.5) is 0 Å². The van der Waals surface area contributed by atoms with Crippen molar-refractivity contribution in [2.45, 2.75) is 6.61 Å². The first-order valence-corrected chi connectivity index (χ1v) is 5.55. The van der Waals surface area contributed by atoms with Crippen LogP contribution in [0.25, 0.3) is 0 Å². The molecule has 3 nitrogen and oxygen atoms in total. The van der Waals surface area contributed by atoms with Gasteiger partial charge < -0.3 is 9.84 Å². The summed E-state index contributed by atoms with van der Waals surface area (Å²) in [5.74, 6) is 0.928. The van der Waals surface area contributed by atoms with Crippen molar-refractivity contribution >= 4 is 15.9 Å². The van der Waals surface area contributed by atoms with Gasteiger partial charge in [0.25, 0.3) is 0 Å². The molecule has 1 aromatic carbocycles. The van der Waals surface area contributed by atoms with Crippen molar-refractivity contribution in [1.82, 2.24) is 4.98 Å². The molecule has 0 fully saturated rings. The van der Waals surface area contributed by atoms with E-state index in [1.54, 1.807) is 24.5 Å². The highest BCUT2D eigenvalue weighted by Crippen LogP contribution is 2.24. The maximum absolute atomic E-state index is 9.48. The molecule has 82 valence electrons. The lowest BCUT2D eigenvalue weighted by molar-refractivity contribution is 0.304. The topological polar surface area (TPSA) is 42.4 Å². The van der Waals surface area contributed by atoms with Gasteiger partial charge in [0.05, 0.1) is 10.7 Å². The number of pyridine rings is 1. The van der Waals surface area contributed by atoms with Crippen molar-refractivity contribution in [2.75, 3.05) is 0 Å². The Morgan fingerprint density at radius 1 is 1.31 bits per heavy atom. The minimum absolute atomic E-state index is 0.215. The summed E-state index contributed by atoms with van der Waals surface area (Å²) in [6.45, 7) is 0.409. The predicted molar refractivity (Wildman–Crippen MR) is 64.4 cm³/mol. The Morgan fingerprint density at radius 2 is 2.19 bits per heavy atom. The van der Waals surface area contributed by atoms with Crippen LogP contribution in [0.3, 0.4) is 0 Å². The molecule has 0 amide bonds. The Kier molecular flexibility index (Phi) is 3.41. The Morgan fingerprint density at radius 3 is 2.88 bits per heavy atom. The second kappa shape index (κ2) is 4.99. The number of nitrogens with zero attached hydrogens (tertiary/aromatic N) is 1. The average molecular weight is 280 g/mol. The fourth-order valence-electron chi connectivity index (χ4n) is 1.25. The van der Waals surface area contributed by atoms with E-state index in [9.17, 15) is 5.11 Å². The summed E-state index contributed by atoms with van der Waals surface area (Å²) in [6, 6.07) is 9.00. The molecule has 2 aromatic rings. The normalized spacial score (nSPS) is 10.1. The molecule has 1 heterocycles. The fourth-order valence-corrected chi connectivity index (χ4v) is 1.49. The lowest BCUT2D eigenvalue weighted by atomic mass is 10.2. The van der Waals surface area contributed by atoms with E-state index in [4.69, 9.17) is 4.74 Å². The van der Waals surface area contributed by atoms with Crippen LogP contribution in [0.1, 0.15) is 5.56 Å². The van der Waals surface area contributed by atoms with Crippen molar-refractivity contribution in [3.63, 3.8) is 0 Å². The molecule has 0 atom stereocenters. The van der Waals surface area contributed by atoms with Gasteiger partial charge >= 0.3 is 0 Å². The molecule has 0 aliphatic rings. The third-order valence-electron chi connectivity index (χ3n) is 2.05. The number of phenols is 1. The lowest BCUT2D eigenvalue weighted by Crippen LogP contribution is -1.95. The maximum Gasteiger partial charge on any atom is 0.138 e. The fraction of sp³-hybridized carbons (Fsp3) is 0.0833. The van der Waals surface area contributed by atoms with E-state index in [0.717, 1.165) is 5.56 Å². The highest BCUT2D eigenvalue weighted by molar-refractivity contribution is 9.10. The molecule has 0 saturated heterocycles. The first kappa shape index (κ1) is 11.0. The van der Waals surface area contributed by atoms with Gasteiger partial charge in [0.15, 0.2) is 0 Å². The SMILES string of the molecule is Oc1cc(COc2cccnc2)ccc1Br. The molecule has 1 aromatic heterocycles. The first-order chi connectivity index (χ1) is 7.75. The van der Waals surface area contributed by atoms with E-state index in [-0.39, 0.29) is 5.75 Å². The molecule has 0 saturated carbocycles. The van der Waals surface area contributed by atoms with E-state index < -0.39 is 0 Å². The zero-order valence-electron chi connectivity index (χ0n) is 8.43. The number of phenolic OH excluding ortho intramolecular Hbond substituents is 1. The van der Waals surface area contributed by atoms with Gasteiger partial charge in [-0.05, 0) is 45.8 Å². The van der Waals surface area contributed by atoms with E-state index in [1.165, 1.54) is 0 Å². The van der Waals surface area contributed by atoms with Gasteiger partial charge in [-0.25, -0.2) is 0 Å². The van der Waals surface area contributed by atoms with E-state index in [0.29, 0.717) is 16.8 Å². The van der Waals surface area contributed by atoms with Crippen molar-refractivity contribution < 1.29 is 9.84 Å². The molecule has 4 heteroatoms. The Labute approximate surface area is 102 Å². The first-order valence-electron chi connectivity index (χ1n) is 4.76. The van der Waals surface area contributed by atoms with Crippen molar-refractivity contribution in [2.24, 2.45) is 0 Å². The molecule has 0 spiro atoms. The van der Waals surface area contributed by atoms with Crippen LogP contribution in [0.2, 0.25) is 0 Å². The Bertz CT molecular complexity index is 474. The lowest BCUT2D eigenvalue weighted by Gasteiger charge is -2.06. The van der Waals surface area contributed by atoms with E-state index >= 15 is 0 Å². The number of ether oxygens (including phenoxy) is 1. The highest BCUT2D eigenvalue weighted by Gasteiger charge is 2.00. The van der Waals surface area contributed by atoms with Gasteiger partial charge in [0, 0.05) is 6.20 Å². The van der Waals surface area contributed by atoms with Crippen LogP contribution in [-0.4, -0.2) is 10.1 Å². The summed E-state index contributed by atoms with van der Waals surface area (Å²) >= 11 is 3.22. The summed E-state index contributed by atoms with van der Waals surface area (Å²) in [5, 5.41) is 9.48. The van der Waals surface area contributed by atoms with Gasteiger partial charge in [-0.2, -0.15) is 0 Å². The zero-order chi connectivity index (χ0) is 11.4. The quantitative estimate of drug-likeness (QED) is 0.939. The summed E-state index contributed by atoms with van der Waals surface area (Å²) in [7, 11) is 0. The standard InChI is InChI=1S/C12H10BrNO2/c13-11-4-3-9(6-12(11)15)8-16-10-2-1-5-14-7-10/h1-7,15H,8H2. The zero-order valence-corrected chi connectivity index (χ0v) is 10.0. The molecule has 0 unspecified atom stereocenters. The number of aromatic hydroxyl groups is 1. The van der Waals surface area contributed by atoms with Gasteiger partial charge in [-0.15, -0.1) is 0 Å². The molecule has 0 bridgehead atoms. The number of hydrogen-bond donors (Lipinski definition) is 1. The molecule has 0 aliphatic heterocycles. The number of halogens is 1. The minimum Gasteiger partial charge on any atom is -0.507 e. The molecular formula is C12H10BrNO2. The third-order valence-corrected chi connectivity index (χ3v) is 2.72. The molecular weight excluding hydrogens is 270 g/mol. The summed E-state index contributed by atoms with van der Waals surface area (Å²) in [4.78, 5) is 3.95. The van der Waals surface area contributed by atoms with Gasteiger partial charge in [0.2, 0.25) is 0 Å². The maximum atomic E-state index is 9.48. The second-order valence-electron chi connectivity index (χ2n) is 3.26.